The minimum atomic E-state index is -0.593. The van der Waals surface area contributed by atoms with Gasteiger partial charge in [0.15, 0.2) is 0 Å². The van der Waals surface area contributed by atoms with Crippen molar-refractivity contribution in [1.29, 1.82) is 5.26 Å². The molecule has 1 unspecified atom stereocenters. The standard InChI is InChI=1S/C17H24FN3/c1-13(2)21-7-4-5-17(12-19,6-8-21)20-16-10-14(3)9-15(18)11-16/h9-11,13,20H,4-8H2,1-3H3. The zero-order valence-corrected chi connectivity index (χ0v) is 13.1. The summed E-state index contributed by atoms with van der Waals surface area (Å²) in [5.74, 6) is -0.261. The first-order valence-electron chi connectivity index (χ1n) is 7.65. The topological polar surface area (TPSA) is 39.1 Å². The van der Waals surface area contributed by atoms with E-state index in [0.717, 1.165) is 37.9 Å². The molecule has 2 rings (SSSR count). The highest BCUT2D eigenvalue weighted by molar-refractivity contribution is 5.50. The molecule has 0 bridgehead atoms. The number of rotatable bonds is 3. The highest BCUT2D eigenvalue weighted by atomic mass is 19.1. The van der Waals surface area contributed by atoms with Crippen molar-refractivity contribution in [1.82, 2.24) is 4.90 Å². The number of nitrogens with zero attached hydrogens (tertiary/aromatic N) is 2. The van der Waals surface area contributed by atoms with Crippen LogP contribution in [0.2, 0.25) is 0 Å². The molecule has 1 aromatic carbocycles. The summed E-state index contributed by atoms with van der Waals surface area (Å²) in [6, 6.07) is 7.80. The van der Waals surface area contributed by atoms with E-state index in [2.05, 4.69) is 30.1 Å². The monoisotopic (exact) mass is 289 g/mol. The van der Waals surface area contributed by atoms with E-state index in [1.807, 2.05) is 13.0 Å². The molecule has 21 heavy (non-hydrogen) atoms. The van der Waals surface area contributed by atoms with Gasteiger partial charge in [-0.3, -0.25) is 0 Å². The lowest BCUT2D eigenvalue weighted by molar-refractivity contribution is 0.229. The molecule has 1 fully saturated rings. The highest BCUT2D eigenvalue weighted by Crippen LogP contribution is 2.28. The Labute approximate surface area is 126 Å². The van der Waals surface area contributed by atoms with E-state index in [9.17, 15) is 9.65 Å². The van der Waals surface area contributed by atoms with Gasteiger partial charge < -0.3 is 10.2 Å². The van der Waals surface area contributed by atoms with E-state index in [1.54, 1.807) is 0 Å². The summed E-state index contributed by atoms with van der Waals surface area (Å²) >= 11 is 0. The summed E-state index contributed by atoms with van der Waals surface area (Å²) in [4.78, 5) is 2.40. The van der Waals surface area contributed by atoms with Crippen LogP contribution >= 0.6 is 0 Å². The third kappa shape index (κ3) is 3.95. The van der Waals surface area contributed by atoms with Crippen molar-refractivity contribution in [2.45, 2.75) is 51.6 Å². The fourth-order valence-corrected chi connectivity index (χ4v) is 3.02. The van der Waals surface area contributed by atoms with E-state index < -0.39 is 5.54 Å². The fraction of sp³-hybridized carbons (Fsp3) is 0.588. The molecule has 3 nitrogen and oxygen atoms in total. The van der Waals surface area contributed by atoms with E-state index in [-0.39, 0.29) is 5.82 Å². The number of halogens is 1. The maximum Gasteiger partial charge on any atom is 0.126 e. The first-order valence-corrected chi connectivity index (χ1v) is 7.65. The van der Waals surface area contributed by atoms with Crippen LogP contribution in [-0.4, -0.2) is 29.6 Å². The largest absolute Gasteiger partial charge is 0.367 e. The lowest BCUT2D eigenvalue weighted by Crippen LogP contribution is -2.39. The number of hydrogen-bond donors (Lipinski definition) is 1. The van der Waals surface area contributed by atoms with Crippen LogP contribution < -0.4 is 5.32 Å². The second kappa shape index (κ2) is 6.44. The van der Waals surface area contributed by atoms with E-state index >= 15 is 0 Å². The van der Waals surface area contributed by atoms with Crippen LogP contribution in [0.3, 0.4) is 0 Å². The minimum Gasteiger partial charge on any atom is -0.367 e. The number of likely N-dealkylation sites (tertiary alicyclic amines) is 1. The Morgan fingerprint density at radius 3 is 2.67 bits per heavy atom. The summed E-state index contributed by atoms with van der Waals surface area (Å²) in [7, 11) is 0. The third-order valence-corrected chi connectivity index (χ3v) is 4.24. The number of nitrogens with one attached hydrogen (secondary N) is 1. The fourth-order valence-electron chi connectivity index (χ4n) is 3.02. The Hall–Kier alpha value is -1.60. The van der Waals surface area contributed by atoms with Crippen molar-refractivity contribution >= 4 is 5.69 Å². The number of hydrogen-bond acceptors (Lipinski definition) is 3. The molecule has 114 valence electrons. The van der Waals surface area contributed by atoms with E-state index in [0.29, 0.717) is 11.7 Å². The van der Waals surface area contributed by atoms with Crippen molar-refractivity contribution in [3.05, 3.63) is 29.6 Å². The van der Waals surface area contributed by atoms with Gasteiger partial charge in [0.05, 0.1) is 6.07 Å². The molecule has 0 spiro atoms. The predicted octanol–water partition coefficient (Wildman–Crippen LogP) is 3.70. The van der Waals surface area contributed by atoms with Gasteiger partial charge in [0.1, 0.15) is 11.4 Å². The van der Waals surface area contributed by atoms with Gasteiger partial charge in [0.2, 0.25) is 0 Å². The Morgan fingerprint density at radius 2 is 2.05 bits per heavy atom. The molecule has 1 saturated heterocycles. The van der Waals surface area contributed by atoms with Gasteiger partial charge >= 0.3 is 0 Å². The summed E-state index contributed by atoms with van der Waals surface area (Å²) in [5.41, 5.74) is 0.971. The molecule has 1 aromatic rings. The van der Waals surface area contributed by atoms with Crippen LogP contribution in [0.5, 0.6) is 0 Å². The molecule has 0 aromatic heterocycles. The normalized spacial score (nSPS) is 23.6. The van der Waals surface area contributed by atoms with Gasteiger partial charge in [0, 0.05) is 18.3 Å². The number of anilines is 1. The zero-order chi connectivity index (χ0) is 15.5. The summed E-state index contributed by atoms with van der Waals surface area (Å²) < 4.78 is 13.5. The van der Waals surface area contributed by atoms with E-state index in [1.165, 1.54) is 12.1 Å². The van der Waals surface area contributed by atoms with Crippen molar-refractivity contribution in [3.63, 3.8) is 0 Å². The van der Waals surface area contributed by atoms with Gasteiger partial charge in [-0.1, -0.05) is 0 Å². The summed E-state index contributed by atoms with van der Waals surface area (Å²) in [5, 5.41) is 13.0. The molecular weight excluding hydrogens is 265 g/mol. The van der Waals surface area contributed by atoms with Crippen LogP contribution in [0.4, 0.5) is 10.1 Å². The van der Waals surface area contributed by atoms with Crippen LogP contribution in [0.25, 0.3) is 0 Å². The molecule has 1 aliphatic heterocycles. The predicted molar refractivity (Wildman–Crippen MR) is 83.7 cm³/mol. The van der Waals surface area contributed by atoms with E-state index in [4.69, 9.17) is 0 Å². The lowest BCUT2D eigenvalue weighted by atomic mass is 9.91. The number of nitriles is 1. The second-order valence-corrected chi connectivity index (χ2v) is 6.32. The molecule has 0 radical (unpaired) electrons. The van der Waals surface area contributed by atoms with Gasteiger partial charge in [-0.25, -0.2) is 4.39 Å². The van der Waals surface area contributed by atoms with Crippen LogP contribution in [0, 0.1) is 24.1 Å². The third-order valence-electron chi connectivity index (χ3n) is 4.24. The number of benzene rings is 1. The molecule has 0 aliphatic carbocycles. The lowest BCUT2D eigenvalue weighted by Gasteiger charge is -2.29. The SMILES string of the molecule is Cc1cc(F)cc(NC2(C#N)CCCN(C(C)C)CC2)c1. The maximum absolute atomic E-state index is 13.5. The van der Waals surface area contributed by atoms with Crippen LogP contribution in [0.15, 0.2) is 18.2 Å². The summed E-state index contributed by atoms with van der Waals surface area (Å²) in [6.07, 6.45) is 2.53. The minimum absolute atomic E-state index is 0.261. The van der Waals surface area contributed by atoms with Crippen molar-refractivity contribution < 1.29 is 4.39 Å². The quantitative estimate of drug-likeness (QED) is 0.922. The van der Waals surface area contributed by atoms with Gasteiger partial charge in [0.25, 0.3) is 0 Å². The maximum atomic E-state index is 13.5. The smallest absolute Gasteiger partial charge is 0.126 e. The van der Waals surface area contributed by atoms with Crippen molar-refractivity contribution in [3.8, 4) is 6.07 Å². The highest BCUT2D eigenvalue weighted by Gasteiger charge is 2.33. The van der Waals surface area contributed by atoms with Gasteiger partial charge in [-0.05, 0) is 70.3 Å². The first-order chi connectivity index (χ1) is 9.94. The Bertz CT molecular complexity index is 515. The Kier molecular flexibility index (Phi) is 4.84. The van der Waals surface area contributed by atoms with Crippen molar-refractivity contribution in [2.75, 3.05) is 18.4 Å². The molecule has 4 heteroatoms. The van der Waals surface area contributed by atoms with Gasteiger partial charge in [-0.15, -0.1) is 0 Å². The van der Waals surface area contributed by atoms with Gasteiger partial charge in [-0.2, -0.15) is 5.26 Å². The molecule has 0 amide bonds. The molecule has 1 aliphatic rings. The van der Waals surface area contributed by atoms with Crippen LogP contribution in [-0.2, 0) is 0 Å². The van der Waals surface area contributed by atoms with Crippen molar-refractivity contribution in [2.24, 2.45) is 0 Å². The molecule has 0 saturated carbocycles. The molecule has 1 atom stereocenters. The Morgan fingerprint density at radius 1 is 1.29 bits per heavy atom. The number of aryl methyl sites for hydroxylation is 1. The second-order valence-electron chi connectivity index (χ2n) is 6.32. The Balaban J connectivity index is 2.16. The summed E-state index contributed by atoms with van der Waals surface area (Å²) in [6.45, 7) is 8.14. The zero-order valence-electron chi connectivity index (χ0n) is 13.1. The average Bonchev–Trinajstić information content (AvgIpc) is 2.61. The molecule has 1 N–H and O–H groups in total. The average molecular weight is 289 g/mol. The molecular formula is C17H24FN3. The first kappa shape index (κ1) is 15.8. The van der Waals surface area contributed by atoms with Crippen LogP contribution in [0.1, 0.15) is 38.7 Å². The molecule has 1 heterocycles.